The first-order valence-electron chi connectivity index (χ1n) is 5.87. The van der Waals surface area contributed by atoms with Gasteiger partial charge in [-0.3, -0.25) is 0 Å². The molecule has 17 heavy (non-hydrogen) atoms. The van der Waals surface area contributed by atoms with Crippen molar-refractivity contribution >= 4 is 11.6 Å². The first kappa shape index (κ1) is 14.5. The maximum atomic E-state index is 9.04. The van der Waals surface area contributed by atoms with Crippen molar-refractivity contribution in [2.45, 2.75) is 25.4 Å². The molecule has 3 N–H and O–H groups in total. The van der Waals surface area contributed by atoms with Gasteiger partial charge in [0.1, 0.15) is 0 Å². The van der Waals surface area contributed by atoms with Gasteiger partial charge in [0.15, 0.2) is 0 Å². The number of rotatable bonds is 6. The molecule has 1 aromatic rings. The van der Waals surface area contributed by atoms with Crippen molar-refractivity contribution in [3.63, 3.8) is 0 Å². The molecule has 0 heterocycles. The number of aliphatic hydroxyl groups is 1. The summed E-state index contributed by atoms with van der Waals surface area (Å²) >= 11 is 6.09. The highest BCUT2D eigenvalue weighted by molar-refractivity contribution is 6.31. The number of halogens is 1. The molecule has 0 bridgehead atoms. The average molecular weight is 257 g/mol. The highest BCUT2D eigenvalue weighted by atomic mass is 35.5. The molecular weight excluding hydrogens is 236 g/mol. The lowest BCUT2D eigenvalue weighted by Gasteiger charge is -2.24. The van der Waals surface area contributed by atoms with Crippen molar-refractivity contribution in [3.8, 4) is 0 Å². The fraction of sp³-hybridized carbons (Fsp3) is 0.538. The second kappa shape index (κ2) is 6.97. The molecule has 0 saturated heterocycles. The topological polar surface area (TPSA) is 49.5 Å². The van der Waals surface area contributed by atoms with Crippen LogP contribution in [0.25, 0.3) is 0 Å². The van der Waals surface area contributed by atoms with E-state index in [2.05, 4.69) is 4.90 Å². The second-order valence-corrected chi connectivity index (χ2v) is 4.84. The maximum Gasteiger partial charge on any atom is 0.0584 e. The Bertz CT molecular complexity index is 346. The first-order chi connectivity index (χ1) is 8.06. The minimum atomic E-state index is -0.0583. The lowest BCUT2D eigenvalue weighted by molar-refractivity contribution is 0.156. The number of likely N-dealkylation sites (N-methyl/N-ethyl adjacent to an activating group) is 1. The molecule has 1 aromatic carbocycles. The van der Waals surface area contributed by atoms with E-state index < -0.39 is 0 Å². The molecule has 0 radical (unpaired) electrons. The van der Waals surface area contributed by atoms with Crippen LogP contribution in [0.1, 0.15) is 24.9 Å². The van der Waals surface area contributed by atoms with Gasteiger partial charge in [-0.15, -0.1) is 0 Å². The molecule has 2 unspecified atom stereocenters. The minimum Gasteiger partial charge on any atom is -0.395 e. The quantitative estimate of drug-likeness (QED) is 0.819. The van der Waals surface area contributed by atoms with Crippen LogP contribution in [0.2, 0.25) is 5.02 Å². The smallest absolute Gasteiger partial charge is 0.0584 e. The molecule has 1 rings (SSSR count). The van der Waals surface area contributed by atoms with E-state index in [1.165, 1.54) is 0 Å². The zero-order valence-corrected chi connectivity index (χ0v) is 11.2. The third-order valence-electron chi connectivity index (χ3n) is 3.11. The molecule has 0 amide bonds. The first-order valence-corrected chi connectivity index (χ1v) is 6.25. The lowest BCUT2D eigenvalue weighted by atomic mass is 10.0. The van der Waals surface area contributed by atoms with Gasteiger partial charge in [0.25, 0.3) is 0 Å². The largest absolute Gasteiger partial charge is 0.395 e. The predicted octanol–water partition coefficient (Wildman–Crippen LogP) is 2.04. The fourth-order valence-corrected chi connectivity index (χ4v) is 1.91. The zero-order chi connectivity index (χ0) is 12.8. The number of nitrogens with zero attached hydrogens (tertiary/aromatic N) is 1. The van der Waals surface area contributed by atoms with Crippen LogP contribution in [0, 0.1) is 0 Å². The van der Waals surface area contributed by atoms with Gasteiger partial charge < -0.3 is 15.7 Å². The van der Waals surface area contributed by atoms with Crippen LogP contribution in [-0.4, -0.2) is 36.2 Å². The van der Waals surface area contributed by atoms with Crippen LogP contribution < -0.4 is 5.73 Å². The number of hydrogen-bond acceptors (Lipinski definition) is 3. The molecule has 3 nitrogen and oxygen atoms in total. The molecule has 2 atom stereocenters. The molecule has 0 fully saturated rings. The van der Waals surface area contributed by atoms with Crippen molar-refractivity contribution in [3.05, 3.63) is 34.9 Å². The Kier molecular flexibility index (Phi) is 5.92. The van der Waals surface area contributed by atoms with Gasteiger partial charge in [-0.1, -0.05) is 29.8 Å². The summed E-state index contributed by atoms with van der Waals surface area (Å²) in [7, 11) is 1.99. The number of aliphatic hydroxyl groups excluding tert-OH is 1. The Morgan fingerprint density at radius 3 is 2.65 bits per heavy atom. The Hall–Kier alpha value is -0.610. The van der Waals surface area contributed by atoms with Gasteiger partial charge in [0.2, 0.25) is 0 Å². The van der Waals surface area contributed by atoms with Gasteiger partial charge in [-0.2, -0.15) is 0 Å². The molecule has 0 saturated carbocycles. The Morgan fingerprint density at radius 2 is 2.06 bits per heavy atom. The number of benzene rings is 1. The third kappa shape index (κ3) is 4.28. The summed E-state index contributed by atoms with van der Waals surface area (Å²) in [5, 5.41) is 9.76. The molecule has 0 spiro atoms. The van der Waals surface area contributed by atoms with Crippen LogP contribution in [-0.2, 0) is 0 Å². The van der Waals surface area contributed by atoms with Crippen LogP contribution >= 0.6 is 11.6 Å². The van der Waals surface area contributed by atoms with E-state index in [1.807, 2.05) is 38.2 Å². The summed E-state index contributed by atoms with van der Waals surface area (Å²) in [6.07, 6.45) is 0.824. The Morgan fingerprint density at radius 1 is 1.41 bits per heavy atom. The van der Waals surface area contributed by atoms with Gasteiger partial charge in [-0.25, -0.2) is 0 Å². The molecule has 0 aliphatic carbocycles. The summed E-state index contributed by atoms with van der Waals surface area (Å²) in [6.45, 7) is 2.99. The lowest BCUT2D eigenvalue weighted by Crippen LogP contribution is -2.34. The molecular formula is C13H21ClN2O. The standard InChI is InChI=1S/C13H21ClN2O/c1-10(9-17)16(2)8-7-13(15)11-5-3-4-6-12(11)14/h3-6,10,13,17H,7-9,15H2,1-2H3. The Labute approximate surface area is 108 Å². The summed E-state index contributed by atoms with van der Waals surface area (Å²) in [5.74, 6) is 0. The zero-order valence-electron chi connectivity index (χ0n) is 10.4. The van der Waals surface area contributed by atoms with Crippen LogP contribution in [0.4, 0.5) is 0 Å². The SMILES string of the molecule is CC(CO)N(C)CCC(N)c1ccccc1Cl. The van der Waals surface area contributed by atoms with Crippen molar-refractivity contribution in [1.82, 2.24) is 4.90 Å². The van der Waals surface area contributed by atoms with E-state index in [1.54, 1.807) is 0 Å². The monoisotopic (exact) mass is 256 g/mol. The normalized spacial score (nSPS) is 14.9. The van der Waals surface area contributed by atoms with Crippen molar-refractivity contribution in [2.75, 3.05) is 20.2 Å². The van der Waals surface area contributed by atoms with E-state index >= 15 is 0 Å². The van der Waals surface area contributed by atoms with E-state index in [0.29, 0.717) is 0 Å². The van der Waals surface area contributed by atoms with Crippen LogP contribution in [0.15, 0.2) is 24.3 Å². The average Bonchev–Trinajstić information content (AvgIpc) is 2.35. The van der Waals surface area contributed by atoms with E-state index in [0.717, 1.165) is 23.6 Å². The fourth-order valence-electron chi connectivity index (χ4n) is 1.63. The van der Waals surface area contributed by atoms with Crippen molar-refractivity contribution < 1.29 is 5.11 Å². The number of hydrogen-bond donors (Lipinski definition) is 2. The molecule has 4 heteroatoms. The summed E-state index contributed by atoms with van der Waals surface area (Å²) in [5.41, 5.74) is 7.10. The highest BCUT2D eigenvalue weighted by Gasteiger charge is 2.12. The molecule has 0 aromatic heterocycles. The summed E-state index contributed by atoms with van der Waals surface area (Å²) in [4.78, 5) is 2.09. The Balaban J connectivity index is 2.50. The second-order valence-electron chi connectivity index (χ2n) is 4.43. The van der Waals surface area contributed by atoms with E-state index in [-0.39, 0.29) is 18.7 Å². The van der Waals surface area contributed by atoms with E-state index in [9.17, 15) is 0 Å². The molecule has 96 valence electrons. The maximum absolute atomic E-state index is 9.04. The van der Waals surface area contributed by atoms with Gasteiger partial charge >= 0.3 is 0 Å². The van der Waals surface area contributed by atoms with Gasteiger partial charge in [0.05, 0.1) is 6.61 Å². The third-order valence-corrected chi connectivity index (χ3v) is 3.46. The van der Waals surface area contributed by atoms with E-state index in [4.69, 9.17) is 22.4 Å². The van der Waals surface area contributed by atoms with Gasteiger partial charge in [-0.05, 0) is 32.0 Å². The minimum absolute atomic E-state index is 0.0583. The highest BCUT2D eigenvalue weighted by Crippen LogP contribution is 2.23. The number of nitrogens with two attached hydrogens (primary N) is 1. The van der Waals surface area contributed by atoms with Gasteiger partial charge in [0, 0.05) is 23.7 Å². The molecule has 0 aliphatic heterocycles. The van der Waals surface area contributed by atoms with Crippen molar-refractivity contribution in [1.29, 1.82) is 0 Å². The molecule has 0 aliphatic rings. The van der Waals surface area contributed by atoms with Crippen molar-refractivity contribution in [2.24, 2.45) is 5.73 Å². The summed E-state index contributed by atoms with van der Waals surface area (Å²) in [6, 6.07) is 7.77. The van der Waals surface area contributed by atoms with Crippen LogP contribution in [0.3, 0.4) is 0 Å². The van der Waals surface area contributed by atoms with Crippen LogP contribution in [0.5, 0.6) is 0 Å². The summed E-state index contributed by atoms with van der Waals surface area (Å²) < 4.78 is 0. The predicted molar refractivity (Wildman–Crippen MR) is 72.2 cm³/mol.